The minimum atomic E-state index is -1.07. The third-order valence-electron chi connectivity index (χ3n) is 7.52. The Morgan fingerprint density at radius 1 is 0.644 bits per heavy atom. The van der Waals surface area contributed by atoms with Crippen molar-refractivity contribution in [1.29, 1.82) is 5.41 Å². The molecule has 0 spiro atoms. The number of carbonyl (C=O) groups is 8. The molecule has 0 bridgehead atoms. The fraction of sp³-hybridized carbons (Fsp3) is 0.763. The van der Waals surface area contributed by atoms with Gasteiger partial charge in [-0.3, -0.25) is 38.4 Å². The van der Waals surface area contributed by atoms with Crippen LogP contribution in [0.25, 0.3) is 0 Å². The number of ether oxygens (including phenoxy) is 4. The van der Waals surface area contributed by atoms with Gasteiger partial charge in [-0.25, -0.2) is 0 Å². The van der Waals surface area contributed by atoms with E-state index in [1.807, 2.05) is 20.8 Å². The number of carboxylic acid groups (broad SMARTS) is 1. The highest BCUT2D eigenvalue weighted by atomic mass is 33.1. The van der Waals surface area contributed by atoms with E-state index in [9.17, 15) is 38.4 Å². The molecule has 0 rings (SSSR count). The molecule has 1 atom stereocenters. The fourth-order valence-corrected chi connectivity index (χ4v) is 7.92. The summed E-state index contributed by atoms with van der Waals surface area (Å²) >= 11 is 0. The summed E-state index contributed by atoms with van der Waals surface area (Å²) in [5.74, 6) is 1.60. The summed E-state index contributed by atoms with van der Waals surface area (Å²) in [5.41, 5.74) is 0.795. The van der Waals surface area contributed by atoms with Crippen molar-refractivity contribution in [3.8, 4) is 0 Å². The third-order valence-corrected chi connectivity index (χ3v) is 12.3. The van der Waals surface area contributed by atoms with Gasteiger partial charge in [0, 0.05) is 101 Å². The van der Waals surface area contributed by atoms with Gasteiger partial charge >= 0.3 is 17.9 Å². The van der Waals surface area contributed by atoms with Crippen molar-refractivity contribution in [1.82, 2.24) is 16.0 Å². The lowest BCUT2D eigenvalue weighted by Crippen LogP contribution is -2.30. The molecule has 0 aromatic rings. The van der Waals surface area contributed by atoms with Gasteiger partial charge in [-0.2, -0.15) is 0 Å². The molecule has 3 amide bonds. The van der Waals surface area contributed by atoms with Crippen molar-refractivity contribution in [2.45, 2.75) is 105 Å². The number of hydrogen-bond acceptors (Lipinski definition) is 17. The van der Waals surface area contributed by atoms with Crippen molar-refractivity contribution in [2.24, 2.45) is 11.8 Å². The van der Waals surface area contributed by atoms with Gasteiger partial charge in [0.25, 0.3) is 0 Å². The molecule has 0 saturated carbocycles. The molecule has 5 N–H and O–H groups in total. The summed E-state index contributed by atoms with van der Waals surface area (Å²) in [4.78, 5) is 88.5. The van der Waals surface area contributed by atoms with Gasteiger partial charge in [0.05, 0.1) is 0 Å². The summed E-state index contributed by atoms with van der Waals surface area (Å²) in [6, 6.07) is 0. The van der Waals surface area contributed by atoms with Crippen LogP contribution in [0.4, 0.5) is 0 Å². The topological polar surface area (TPSA) is 254 Å². The molecule has 0 aliphatic rings. The molecule has 0 aliphatic carbocycles. The van der Waals surface area contributed by atoms with Crippen molar-refractivity contribution >= 4 is 97.1 Å². The molecule has 340 valence electrons. The Labute approximate surface area is 364 Å². The van der Waals surface area contributed by atoms with Crippen LogP contribution in [0.3, 0.4) is 0 Å². The van der Waals surface area contributed by atoms with E-state index in [4.69, 9.17) is 29.5 Å². The monoisotopic (exact) mass is 914 g/mol. The van der Waals surface area contributed by atoms with Gasteiger partial charge in [0.1, 0.15) is 19.3 Å². The maximum absolute atomic E-state index is 11.9. The molecule has 21 heteroatoms. The van der Waals surface area contributed by atoms with E-state index in [-0.39, 0.29) is 69.3 Å². The van der Waals surface area contributed by atoms with Crippen molar-refractivity contribution in [2.75, 3.05) is 69.1 Å². The average molecular weight is 915 g/mol. The zero-order valence-electron chi connectivity index (χ0n) is 35.1. The molecular weight excluding hydrogens is 849 g/mol. The van der Waals surface area contributed by atoms with E-state index in [1.165, 1.54) is 13.8 Å². The Hall–Kier alpha value is -2.85. The van der Waals surface area contributed by atoms with Crippen LogP contribution < -0.4 is 16.0 Å². The largest absolute Gasteiger partial charge is 0.481 e. The Morgan fingerprint density at radius 3 is 1.58 bits per heavy atom. The number of carbonyl (C=O) groups excluding carboxylic acids is 7. The number of hydrogen-bond donors (Lipinski definition) is 5. The van der Waals surface area contributed by atoms with Gasteiger partial charge in [-0.15, -0.1) is 0 Å². The van der Waals surface area contributed by atoms with Crippen molar-refractivity contribution in [3.05, 3.63) is 0 Å². The number of esters is 2. The first-order valence-electron chi connectivity index (χ1n) is 19.6. The lowest BCUT2D eigenvalue weighted by molar-refractivity contribution is -0.152. The van der Waals surface area contributed by atoms with Gasteiger partial charge in [0.15, 0.2) is 18.7 Å². The van der Waals surface area contributed by atoms with Crippen LogP contribution in [0.1, 0.15) is 92.4 Å². The minimum absolute atomic E-state index is 0.0340. The van der Waals surface area contributed by atoms with Crippen molar-refractivity contribution < 1.29 is 62.4 Å². The summed E-state index contributed by atoms with van der Waals surface area (Å²) in [5, 5.41) is 24.8. The maximum atomic E-state index is 11.9. The predicted octanol–water partition coefficient (Wildman–Crippen LogP) is 4.29. The van der Waals surface area contributed by atoms with E-state index in [1.54, 1.807) is 43.2 Å². The second-order valence-corrected chi connectivity index (χ2v) is 18.6. The first-order valence-corrected chi connectivity index (χ1v) is 24.6. The van der Waals surface area contributed by atoms with Crippen LogP contribution in [0.15, 0.2) is 0 Å². The maximum Gasteiger partial charge on any atom is 0.303 e. The SMILES string of the molecule is CC(=O)OCC(COC(C)=O)OCCCC(=O)NCCSSCCNC(=O)CCCOC(C=O)C=O.CC(C)C(=N)CCSSCCNC(=O)C(C)CCCCC(=O)O. The molecule has 0 radical (unpaired) electrons. The summed E-state index contributed by atoms with van der Waals surface area (Å²) < 4.78 is 20.3. The predicted molar refractivity (Wildman–Crippen MR) is 235 cm³/mol. The van der Waals surface area contributed by atoms with E-state index < -0.39 is 30.1 Å². The molecule has 0 aromatic carbocycles. The third kappa shape index (κ3) is 41.7. The Bertz CT molecular complexity index is 1210. The highest BCUT2D eigenvalue weighted by Gasteiger charge is 2.15. The molecule has 0 heterocycles. The van der Waals surface area contributed by atoms with Crippen LogP contribution in [0, 0.1) is 17.2 Å². The van der Waals surface area contributed by atoms with Crippen molar-refractivity contribution in [3.63, 3.8) is 0 Å². The smallest absolute Gasteiger partial charge is 0.303 e. The molecule has 1 unspecified atom stereocenters. The summed E-state index contributed by atoms with van der Waals surface area (Å²) in [6.07, 6.45) is 3.70. The zero-order valence-corrected chi connectivity index (χ0v) is 38.4. The van der Waals surface area contributed by atoms with Gasteiger partial charge < -0.3 is 45.4 Å². The average Bonchev–Trinajstić information content (AvgIpc) is 3.19. The fourth-order valence-electron chi connectivity index (χ4n) is 4.18. The number of carboxylic acids is 1. The molecule has 0 fully saturated rings. The molecule has 0 aromatic heterocycles. The van der Waals surface area contributed by atoms with Crippen LogP contribution in [-0.4, -0.2) is 140 Å². The van der Waals surface area contributed by atoms with E-state index in [2.05, 4.69) is 16.0 Å². The van der Waals surface area contributed by atoms with E-state index in [0.717, 1.165) is 36.5 Å². The molecule has 59 heavy (non-hydrogen) atoms. The quantitative estimate of drug-likeness (QED) is 0.0146. The Morgan fingerprint density at radius 2 is 1.12 bits per heavy atom. The number of aldehydes is 2. The lowest BCUT2D eigenvalue weighted by atomic mass is 10.0. The van der Waals surface area contributed by atoms with Gasteiger partial charge in [0.2, 0.25) is 17.7 Å². The first kappa shape index (κ1) is 58.2. The number of amides is 3. The highest BCUT2D eigenvalue weighted by molar-refractivity contribution is 8.77. The summed E-state index contributed by atoms with van der Waals surface area (Å²) in [6.45, 7) is 10.5. The lowest BCUT2D eigenvalue weighted by Gasteiger charge is -2.17. The highest BCUT2D eigenvalue weighted by Crippen LogP contribution is 2.22. The van der Waals surface area contributed by atoms with E-state index >= 15 is 0 Å². The second-order valence-electron chi connectivity index (χ2n) is 13.2. The van der Waals surface area contributed by atoms with Crippen LogP contribution in [-0.2, 0) is 57.3 Å². The Kier molecular flexibility index (Phi) is 40.0. The number of nitrogens with one attached hydrogen (secondary N) is 4. The number of rotatable bonds is 37. The normalized spacial score (nSPS) is 11.3. The van der Waals surface area contributed by atoms with Crippen LogP contribution in [0.2, 0.25) is 0 Å². The minimum Gasteiger partial charge on any atom is -0.481 e. The molecule has 17 nitrogen and oxygen atoms in total. The number of unbranched alkanes of at least 4 members (excludes halogenated alkanes) is 1. The first-order chi connectivity index (χ1) is 28.1. The number of aliphatic carboxylic acids is 1. The molecule has 0 aliphatic heterocycles. The van der Waals surface area contributed by atoms with Crippen LogP contribution in [0.5, 0.6) is 0 Å². The molecule has 0 saturated heterocycles. The standard InChI is InChI=1S/C22H36N2O10S2.C16H30N2O3S2/c1-17(27)33-15-20(16-34-18(2)28)32-10-4-6-22(30)24-8-12-36-35-11-7-23-21(29)5-3-9-31-19(13-25)14-26;1-12(2)14(17)8-10-22-23-11-9-18-16(21)13(3)6-4-5-7-15(19)20/h13-14,19-20H,3-12,15-16H2,1-2H3,(H,23,29)(H,24,30);12-13,17H,4-11H2,1-3H3,(H,18,21)(H,19,20). The van der Waals surface area contributed by atoms with Gasteiger partial charge in [-0.05, 0) is 38.0 Å². The summed E-state index contributed by atoms with van der Waals surface area (Å²) in [7, 11) is 6.63. The van der Waals surface area contributed by atoms with E-state index in [0.29, 0.717) is 68.9 Å². The van der Waals surface area contributed by atoms with Crippen LogP contribution >= 0.6 is 43.2 Å². The molecular formula is C38H66N4O13S4. The van der Waals surface area contributed by atoms with Gasteiger partial charge in [-0.1, -0.05) is 70.4 Å². The Balaban J connectivity index is 0. The second kappa shape index (κ2) is 40.6. The zero-order chi connectivity index (χ0) is 44.7.